The molecule has 1 atom stereocenters. The lowest BCUT2D eigenvalue weighted by Gasteiger charge is -2.18. The first-order valence-corrected chi connectivity index (χ1v) is 9.39. The predicted molar refractivity (Wildman–Crippen MR) is 99.7 cm³/mol. The van der Waals surface area contributed by atoms with Crippen LogP contribution in [0.5, 0.6) is 17.4 Å². The van der Waals surface area contributed by atoms with E-state index < -0.39 is 11.6 Å². The van der Waals surface area contributed by atoms with Crippen molar-refractivity contribution in [1.82, 2.24) is 15.3 Å². The highest BCUT2D eigenvalue weighted by atomic mass is 16.5. The largest absolute Gasteiger partial charge is 0.492 e. The van der Waals surface area contributed by atoms with E-state index in [1.54, 1.807) is 6.92 Å². The highest BCUT2D eigenvalue weighted by Gasteiger charge is 2.52. The molecule has 8 heteroatoms. The molecule has 2 fully saturated rings. The van der Waals surface area contributed by atoms with Crippen molar-refractivity contribution in [2.45, 2.75) is 44.1 Å². The van der Waals surface area contributed by atoms with Crippen LogP contribution in [0.2, 0.25) is 0 Å². The van der Waals surface area contributed by atoms with Crippen molar-refractivity contribution in [3.8, 4) is 17.4 Å². The predicted octanol–water partition coefficient (Wildman–Crippen LogP) is 2.92. The number of amides is 3. The van der Waals surface area contributed by atoms with Gasteiger partial charge in [-0.15, -0.1) is 0 Å². The molecule has 3 heterocycles. The van der Waals surface area contributed by atoms with Crippen molar-refractivity contribution in [2.75, 3.05) is 11.5 Å². The number of anilines is 1. The van der Waals surface area contributed by atoms with E-state index in [1.807, 2.05) is 25.1 Å². The van der Waals surface area contributed by atoms with Gasteiger partial charge < -0.3 is 14.8 Å². The standard InChI is InChI=1S/C20H20N4O4/c1-3-19(2)17(25)24(18(26)23-19)14-9-22-15(10-21-14)28-13-6-4-5-12-16(13)20(7-8-20)11-27-12/h4-6,9-10H,3,7-8,11H2,1-2H3,(H,23,26)/t19-/m1/s1. The SMILES string of the molecule is CC[C@@]1(C)NC(=O)N(c2cnc(Oc3cccc4c3C3(CC3)CO4)cn2)C1=O. The fourth-order valence-electron chi connectivity index (χ4n) is 3.79. The first-order chi connectivity index (χ1) is 13.5. The van der Waals surface area contributed by atoms with Gasteiger partial charge in [0.15, 0.2) is 5.82 Å². The van der Waals surface area contributed by atoms with Crippen molar-refractivity contribution < 1.29 is 19.1 Å². The van der Waals surface area contributed by atoms with Gasteiger partial charge >= 0.3 is 6.03 Å². The number of urea groups is 1. The average Bonchev–Trinajstić information content (AvgIpc) is 3.32. The molecule has 8 nitrogen and oxygen atoms in total. The van der Waals surface area contributed by atoms with Crippen molar-refractivity contribution in [2.24, 2.45) is 0 Å². The molecule has 0 radical (unpaired) electrons. The second-order valence-electron chi connectivity index (χ2n) is 7.77. The number of carbonyl (C=O) groups is 2. The molecule has 3 amide bonds. The molecule has 1 N–H and O–H groups in total. The van der Waals surface area contributed by atoms with Crippen LogP contribution in [0.4, 0.5) is 10.6 Å². The number of hydrogen-bond acceptors (Lipinski definition) is 6. The van der Waals surface area contributed by atoms with E-state index in [9.17, 15) is 9.59 Å². The fraction of sp³-hybridized carbons (Fsp3) is 0.400. The number of rotatable bonds is 4. The number of hydrogen-bond donors (Lipinski definition) is 1. The summed E-state index contributed by atoms with van der Waals surface area (Å²) in [6.45, 7) is 4.23. The molecular weight excluding hydrogens is 360 g/mol. The van der Waals surface area contributed by atoms with Gasteiger partial charge in [0.25, 0.3) is 5.91 Å². The number of nitrogens with zero attached hydrogens (tertiary/aromatic N) is 3. The molecule has 144 valence electrons. The van der Waals surface area contributed by atoms with Crippen LogP contribution < -0.4 is 19.7 Å². The summed E-state index contributed by atoms with van der Waals surface area (Å²) < 4.78 is 11.8. The van der Waals surface area contributed by atoms with Crippen LogP contribution in [0.25, 0.3) is 0 Å². The van der Waals surface area contributed by atoms with E-state index >= 15 is 0 Å². The lowest BCUT2D eigenvalue weighted by Crippen LogP contribution is -2.43. The smallest absolute Gasteiger partial charge is 0.330 e. The first kappa shape index (κ1) is 17.0. The van der Waals surface area contributed by atoms with Gasteiger partial charge in [-0.05, 0) is 38.3 Å². The molecule has 1 aromatic heterocycles. The summed E-state index contributed by atoms with van der Waals surface area (Å²) in [6.07, 6.45) is 5.47. The van der Waals surface area contributed by atoms with E-state index in [2.05, 4.69) is 15.3 Å². The Labute approximate surface area is 161 Å². The highest BCUT2D eigenvalue weighted by Crippen LogP contribution is 2.58. The van der Waals surface area contributed by atoms with Gasteiger partial charge in [0.1, 0.15) is 17.0 Å². The molecule has 0 bridgehead atoms. The lowest BCUT2D eigenvalue weighted by molar-refractivity contribution is -0.121. The van der Waals surface area contributed by atoms with Gasteiger partial charge in [-0.1, -0.05) is 13.0 Å². The van der Waals surface area contributed by atoms with Crippen LogP contribution >= 0.6 is 0 Å². The highest BCUT2D eigenvalue weighted by molar-refractivity contribution is 6.22. The summed E-state index contributed by atoms with van der Waals surface area (Å²) in [4.78, 5) is 34.3. The molecule has 28 heavy (non-hydrogen) atoms. The van der Waals surface area contributed by atoms with Gasteiger partial charge in [-0.2, -0.15) is 0 Å². The van der Waals surface area contributed by atoms with Gasteiger partial charge in [-0.25, -0.2) is 19.7 Å². The van der Waals surface area contributed by atoms with Crippen LogP contribution in [0.3, 0.4) is 0 Å². The van der Waals surface area contributed by atoms with E-state index in [0.29, 0.717) is 24.7 Å². The minimum absolute atomic E-state index is 0.0734. The van der Waals surface area contributed by atoms with Gasteiger partial charge in [-0.3, -0.25) is 4.79 Å². The van der Waals surface area contributed by atoms with Crippen LogP contribution in [-0.4, -0.2) is 34.1 Å². The number of aromatic nitrogens is 2. The zero-order valence-electron chi connectivity index (χ0n) is 15.7. The van der Waals surface area contributed by atoms with Crippen molar-refractivity contribution in [1.29, 1.82) is 0 Å². The Morgan fingerprint density at radius 1 is 1.25 bits per heavy atom. The average molecular weight is 380 g/mol. The van der Waals surface area contributed by atoms with Crippen molar-refractivity contribution in [3.05, 3.63) is 36.2 Å². The molecule has 0 unspecified atom stereocenters. The molecule has 3 aliphatic rings. The third kappa shape index (κ3) is 2.37. The molecule has 1 aromatic carbocycles. The minimum Gasteiger partial charge on any atom is -0.492 e. The maximum absolute atomic E-state index is 12.6. The maximum atomic E-state index is 12.6. The molecule has 5 rings (SSSR count). The Morgan fingerprint density at radius 3 is 2.71 bits per heavy atom. The first-order valence-electron chi connectivity index (χ1n) is 9.39. The topological polar surface area (TPSA) is 93.7 Å². The van der Waals surface area contributed by atoms with Crippen LogP contribution in [0, 0.1) is 0 Å². The summed E-state index contributed by atoms with van der Waals surface area (Å²) in [6, 6.07) is 5.24. The van der Waals surface area contributed by atoms with Crippen LogP contribution in [-0.2, 0) is 10.2 Å². The molecule has 1 spiro atoms. The molecular formula is C20H20N4O4. The zero-order valence-corrected chi connectivity index (χ0v) is 15.7. The maximum Gasteiger partial charge on any atom is 0.330 e. The van der Waals surface area contributed by atoms with Crippen LogP contribution in [0.15, 0.2) is 30.6 Å². The van der Waals surface area contributed by atoms with E-state index in [4.69, 9.17) is 9.47 Å². The molecule has 1 saturated heterocycles. The number of benzene rings is 1. The third-order valence-corrected chi connectivity index (χ3v) is 5.90. The Morgan fingerprint density at radius 2 is 2.07 bits per heavy atom. The summed E-state index contributed by atoms with van der Waals surface area (Å²) in [5.74, 6) is 1.70. The monoisotopic (exact) mass is 380 g/mol. The van der Waals surface area contributed by atoms with E-state index in [0.717, 1.165) is 29.1 Å². The molecule has 2 aromatic rings. The van der Waals surface area contributed by atoms with E-state index in [-0.39, 0.29) is 17.1 Å². The second-order valence-corrected chi connectivity index (χ2v) is 7.77. The lowest BCUT2D eigenvalue weighted by atomic mass is 9.97. The van der Waals surface area contributed by atoms with Crippen molar-refractivity contribution >= 4 is 17.8 Å². The van der Waals surface area contributed by atoms with Gasteiger partial charge in [0, 0.05) is 11.0 Å². The van der Waals surface area contributed by atoms with Gasteiger partial charge in [0.2, 0.25) is 5.88 Å². The molecule has 2 aliphatic heterocycles. The molecule has 1 saturated carbocycles. The number of imide groups is 1. The minimum atomic E-state index is -0.920. The number of carbonyl (C=O) groups excluding carboxylic acids is 2. The normalized spacial score (nSPS) is 24.1. The Balaban J connectivity index is 1.40. The summed E-state index contributed by atoms with van der Waals surface area (Å²) in [5.41, 5.74) is 0.245. The summed E-state index contributed by atoms with van der Waals surface area (Å²) in [7, 11) is 0. The fourth-order valence-corrected chi connectivity index (χ4v) is 3.79. The Kier molecular flexibility index (Phi) is 3.44. The van der Waals surface area contributed by atoms with Gasteiger partial charge in [0.05, 0.1) is 19.0 Å². The Hall–Kier alpha value is -3.16. The van der Waals surface area contributed by atoms with E-state index in [1.165, 1.54) is 12.4 Å². The Bertz CT molecular complexity index is 986. The summed E-state index contributed by atoms with van der Waals surface area (Å²) in [5, 5.41) is 2.70. The zero-order chi connectivity index (χ0) is 19.5. The second kappa shape index (κ2) is 5.67. The van der Waals surface area contributed by atoms with Crippen LogP contribution in [0.1, 0.15) is 38.7 Å². The number of nitrogens with one attached hydrogen (secondary N) is 1. The third-order valence-electron chi connectivity index (χ3n) is 5.90. The summed E-state index contributed by atoms with van der Waals surface area (Å²) >= 11 is 0. The van der Waals surface area contributed by atoms with Crippen molar-refractivity contribution in [3.63, 3.8) is 0 Å². The number of ether oxygens (including phenoxy) is 2. The molecule has 1 aliphatic carbocycles. The quantitative estimate of drug-likeness (QED) is 0.820. The number of fused-ring (bicyclic) bond motifs is 2.